The predicted octanol–water partition coefficient (Wildman–Crippen LogP) is 3.17. The number of nitrogens with two attached hydrogens (primary N) is 1. The zero-order valence-electron chi connectivity index (χ0n) is 9.76. The van der Waals surface area contributed by atoms with Crippen LogP contribution in [0.5, 0.6) is 0 Å². The molecule has 0 unspecified atom stereocenters. The number of nitrogens with zero attached hydrogens (tertiary/aromatic N) is 1. The van der Waals surface area contributed by atoms with Crippen LogP contribution in [0.15, 0.2) is 58.3 Å². The summed E-state index contributed by atoms with van der Waals surface area (Å²) in [6.07, 6.45) is 0. The summed E-state index contributed by atoms with van der Waals surface area (Å²) in [5.74, 6) is 0.826. The summed E-state index contributed by atoms with van der Waals surface area (Å²) in [5.41, 5.74) is 7.58. The van der Waals surface area contributed by atoms with Gasteiger partial charge in [0.2, 0.25) is 0 Å². The van der Waals surface area contributed by atoms with Crippen LogP contribution in [0.2, 0.25) is 0 Å². The van der Waals surface area contributed by atoms with E-state index in [0.29, 0.717) is 6.54 Å². The summed E-state index contributed by atoms with van der Waals surface area (Å²) >= 11 is 1.74. The van der Waals surface area contributed by atoms with E-state index in [-0.39, 0.29) is 0 Å². The number of H-pyrrole nitrogens is 1. The van der Waals surface area contributed by atoms with Crippen LogP contribution in [0.4, 0.5) is 0 Å². The average molecular weight is 255 g/mol. The number of benzene rings is 2. The maximum absolute atomic E-state index is 5.58. The fraction of sp³-hybridized carbons (Fsp3) is 0.0714. The number of aromatic nitrogens is 2. The van der Waals surface area contributed by atoms with Gasteiger partial charge in [-0.3, -0.25) is 0 Å². The molecule has 3 aromatic rings. The third-order valence-electron chi connectivity index (χ3n) is 2.67. The molecule has 1 heterocycles. The number of rotatable bonds is 3. The molecule has 0 saturated carbocycles. The number of nitrogens with one attached hydrogen (secondary N) is 1. The van der Waals surface area contributed by atoms with Gasteiger partial charge in [0.1, 0.15) is 5.82 Å². The molecule has 3 N–H and O–H groups in total. The first kappa shape index (κ1) is 11.3. The van der Waals surface area contributed by atoms with E-state index >= 15 is 0 Å². The standard InChI is InChI=1S/C14H13N3S/c15-9-14-16-12-7-6-11(8-13(12)17-14)18-10-4-2-1-3-5-10/h1-8H,9,15H2,(H,16,17). The van der Waals surface area contributed by atoms with Crippen molar-refractivity contribution in [3.63, 3.8) is 0 Å². The van der Waals surface area contributed by atoms with Crippen LogP contribution in [0.1, 0.15) is 5.82 Å². The van der Waals surface area contributed by atoms with Crippen molar-refractivity contribution in [3.05, 3.63) is 54.4 Å². The van der Waals surface area contributed by atoms with Crippen molar-refractivity contribution in [3.8, 4) is 0 Å². The Morgan fingerprint density at radius 2 is 1.89 bits per heavy atom. The second-order valence-corrected chi connectivity index (χ2v) is 5.13. The van der Waals surface area contributed by atoms with Gasteiger partial charge in [-0.05, 0) is 30.3 Å². The highest BCUT2D eigenvalue weighted by Gasteiger charge is 2.03. The Balaban J connectivity index is 1.93. The van der Waals surface area contributed by atoms with Crippen LogP contribution in [-0.4, -0.2) is 9.97 Å². The lowest BCUT2D eigenvalue weighted by molar-refractivity contribution is 0.958. The van der Waals surface area contributed by atoms with Crippen LogP contribution in [0, 0.1) is 0 Å². The second-order valence-electron chi connectivity index (χ2n) is 3.98. The van der Waals surface area contributed by atoms with Gasteiger partial charge in [0.25, 0.3) is 0 Å². The molecule has 0 radical (unpaired) electrons. The van der Waals surface area contributed by atoms with Crippen LogP contribution in [0.3, 0.4) is 0 Å². The zero-order chi connectivity index (χ0) is 12.4. The molecule has 3 nitrogen and oxygen atoms in total. The molecule has 0 atom stereocenters. The summed E-state index contributed by atoms with van der Waals surface area (Å²) in [4.78, 5) is 10.0. The fourth-order valence-electron chi connectivity index (χ4n) is 1.83. The van der Waals surface area contributed by atoms with Crippen molar-refractivity contribution >= 4 is 22.8 Å². The minimum Gasteiger partial charge on any atom is -0.341 e. The van der Waals surface area contributed by atoms with E-state index in [1.54, 1.807) is 11.8 Å². The quantitative estimate of drug-likeness (QED) is 0.755. The smallest absolute Gasteiger partial charge is 0.121 e. The van der Waals surface area contributed by atoms with E-state index < -0.39 is 0 Å². The Morgan fingerprint density at radius 3 is 2.67 bits per heavy atom. The van der Waals surface area contributed by atoms with E-state index in [4.69, 9.17) is 5.73 Å². The van der Waals surface area contributed by atoms with Crippen LogP contribution >= 0.6 is 11.8 Å². The Bertz CT molecular complexity index is 661. The molecular weight excluding hydrogens is 242 g/mol. The van der Waals surface area contributed by atoms with Crippen LogP contribution in [-0.2, 0) is 6.54 Å². The molecular formula is C14H13N3S. The summed E-state index contributed by atoms with van der Waals surface area (Å²) in [6.45, 7) is 0.440. The third kappa shape index (κ3) is 2.25. The molecule has 0 fully saturated rings. The number of imidazole rings is 1. The zero-order valence-corrected chi connectivity index (χ0v) is 10.6. The number of fused-ring (bicyclic) bond motifs is 1. The summed E-state index contributed by atoms with van der Waals surface area (Å²) in [7, 11) is 0. The molecule has 18 heavy (non-hydrogen) atoms. The van der Waals surface area contributed by atoms with Gasteiger partial charge < -0.3 is 10.7 Å². The Kier molecular flexibility index (Phi) is 3.04. The lowest BCUT2D eigenvalue weighted by Gasteiger charge is -2.00. The van der Waals surface area contributed by atoms with Crippen LogP contribution in [0.25, 0.3) is 11.0 Å². The average Bonchev–Trinajstić information content (AvgIpc) is 2.82. The molecule has 90 valence electrons. The summed E-state index contributed by atoms with van der Waals surface area (Å²) in [5, 5.41) is 0. The third-order valence-corrected chi connectivity index (χ3v) is 3.67. The first-order chi connectivity index (χ1) is 8.85. The molecule has 0 aliphatic heterocycles. The van der Waals surface area contributed by atoms with Crippen molar-refractivity contribution in [2.45, 2.75) is 16.3 Å². The molecule has 0 aliphatic rings. The topological polar surface area (TPSA) is 54.7 Å². The van der Waals surface area contributed by atoms with Gasteiger partial charge in [-0.25, -0.2) is 4.98 Å². The van der Waals surface area contributed by atoms with E-state index in [1.165, 1.54) is 9.79 Å². The van der Waals surface area contributed by atoms with Gasteiger partial charge in [0.05, 0.1) is 17.6 Å². The first-order valence-electron chi connectivity index (χ1n) is 5.77. The van der Waals surface area contributed by atoms with Crippen molar-refractivity contribution in [1.29, 1.82) is 0 Å². The molecule has 0 aliphatic carbocycles. The lowest BCUT2D eigenvalue weighted by Crippen LogP contribution is -1.97. The van der Waals surface area contributed by atoms with Crippen molar-refractivity contribution < 1.29 is 0 Å². The molecule has 0 saturated heterocycles. The van der Waals surface area contributed by atoms with Crippen LogP contribution < -0.4 is 5.73 Å². The lowest BCUT2D eigenvalue weighted by atomic mass is 10.3. The van der Waals surface area contributed by atoms with Gasteiger partial charge in [-0.15, -0.1) is 0 Å². The molecule has 2 aromatic carbocycles. The largest absolute Gasteiger partial charge is 0.341 e. The number of hydrogen-bond acceptors (Lipinski definition) is 3. The highest BCUT2D eigenvalue weighted by molar-refractivity contribution is 7.99. The number of aromatic amines is 1. The van der Waals surface area contributed by atoms with E-state index in [1.807, 2.05) is 24.3 Å². The molecule has 0 amide bonds. The Morgan fingerprint density at radius 1 is 1.06 bits per heavy atom. The molecule has 4 heteroatoms. The normalized spacial score (nSPS) is 10.9. The molecule has 0 bridgehead atoms. The van der Waals surface area contributed by atoms with E-state index in [0.717, 1.165) is 16.9 Å². The van der Waals surface area contributed by atoms with Gasteiger partial charge >= 0.3 is 0 Å². The molecule has 3 rings (SSSR count). The predicted molar refractivity (Wildman–Crippen MR) is 74.6 cm³/mol. The maximum atomic E-state index is 5.58. The van der Waals surface area contributed by atoms with Gasteiger partial charge in [0.15, 0.2) is 0 Å². The minimum absolute atomic E-state index is 0.440. The van der Waals surface area contributed by atoms with Crippen molar-refractivity contribution in [2.75, 3.05) is 0 Å². The van der Waals surface area contributed by atoms with Crippen molar-refractivity contribution in [2.24, 2.45) is 5.73 Å². The SMILES string of the molecule is NCc1nc2ccc(Sc3ccccc3)cc2[nH]1. The van der Waals surface area contributed by atoms with Gasteiger partial charge in [-0.1, -0.05) is 30.0 Å². The Hall–Kier alpha value is -1.78. The van der Waals surface area contributed by atoms with Gasteiger partial charge in [-0.2, -0.15) is 0 Å². The van der Waals surface area contributed by atoms with Gasteiger partial charge in [0, 0.05) is 9.79 Å². The van der Waals surface area contributed by atoms with Crippen molar-refractivity contribution in [1.82, 2.24) is 9.97 Å². The van der Waals surface area contributed by atoms with E-state index in [9.17, 15) is 0 Å². The second kappa shape index (κ2) is 4.84. The molecule has 1 aromatic heterocycles. The van der Waals surface area contributed by atoms with E-state index in [2.05, 4.69) is 34.2 Å². The monoisotopic (exact) mass is 255 g/mol. The fourth-order valence-corrected chi connectivity index (χ4v) is 2.70. The Labute approximate surface area is 109 Å². The molecule has 0 spiro atoms. The highest BCUT2D eigenvalue weighted by atomic mass is 32.2. The summed E-state index contributed by atoms with van der Waals surface area (Å²) in [6, 6.07) is 16.5. The highest BCUT2D eigenvalue weighted by Crippen LogP contribution is 2.29. The maximum Gasteiger partial charge on any atom is 0.121 e. The number of hydrogen-bond donors (Lipinski definition) is 2. The minimum atomic E-state index is 0.440. The first-order valence-corrected chi connectivity index (χ1v) is 6.58. The summed E-state index contributed by atoms with van der Waals surface area (Å²) < 4.78 is 0.